The van der Waals surface area contributed by atoms with E-state index in [4.69, 9.17) is 0 Å². The van der Waals surface area contributed by atoms with Gasteiger partial charge >= 0.3 is 0 Å². The number of hydrogen-bond acceptors (Lipinski definition) is 2. The fourth-order valence-electron chi connectivity index (χ4n) is 3.45. The summed E-state index contributed by atoms with van der Waals surface area (Å²) in [5, 5.41) is 15.3. The Kier molecular flexibility index (Phi) is 4.32. The second-order valence-electron chi connectivity index (χ2n) is 6.58. The number of H-pyrrole nitrogens is 1. The maximum Gasteiger partial charge on any atom is 0.0771 e. The lowest BCUT2D eigenvalue weighted by molar-refractivity contribution is -0.00880. The standard InChI is InChI=1S/C18H26N2O/c1-2-14-5-8-18(21,9-6-14)13-19-12-15-3-4-17-16(11-15)7-10-20-17/h3-4,7,10-11,14,19-21H,2,5-6,8-9,12-13H2,1H3. The summed E-state index contributed by atoms with van der Waals surface area (Å²) < 4.78 is 0. The predicted octanol–water partition coefficient (Wildman–Crippen LogP) is 3.59. The minimum absolute atomic E-state index is 0.496. The van der Waals surface area contributed by atoms with E-state index >= 15 is 0 Å². The van der Waals surface area contributed by atoms with Crippen molar-refractivity contribution in [3.05, 3.63) is 36.0 Å². The highest BCUT2D eigenvalue weighted by atomic mass is 16.3. The van der Waals surface area contributed by atoms with Gasteiger partial charge in [0.25, 0.3) is 0 Å². The van der Waals surface area contributed by atoms with Crippen LogP contribution in [0.5, 0.6) is 0 Å². The average molecular weight is 286 g/mol. The third-order valence-corrected chi connectivity index (χ3v) is 5.01. The highest BCUT2D eigenvalue weighted by Gasteiger charge is 2.31. The van der Waals surface area contributed by atoms with Crippen molar-refractivity contribution < 1.29 is 5.11 Å². The van der Waals surface area contributed by atoms with Crippen LogP contribution in [0.25, 0.3) is 10.9 Å². The van der Waals surface area contributed by atoms with Crippen LogP contribution >= 0.6 is 0 Å². The Hall–Kier alpha value is -1.32. The monoisotopic (exact) mass is 286 g/mol. The maximum absolute atomic E-state index is 10.6. The van der Waals surface area contributed by atoms with Gasteiger partial charge in [-0.2, -0.15) is 0 Å². The highest BCUT2D eigenvalue weighted by Crippen LogP contribution is 2.33. The molecule has 0 spiro atoms. The van der Waals surface area contributed by atoms with Gasteiger partial charge in [-0.25, -0.2) is 0 Å². The quantitative estimate of drug-likeness (QED) is 0.786. The molecule has 1 fully saturated rings. The van der Waals surface area contributed by atoms with Gasteiger partial charge in [0.15, 0.2) is 0 Å². The number of nitrogens with one attached hydrogen (secondary N) is 2. The number of benzene rings is 1. The van der Waals surface area contributed by atoms with Crippen molar-refractivity contribution in [2.75, 3.05) is 6.54 Å². The smallest absolute Gasteiger partial charge is 0.0771 e. The summed E-state index contributed by atoms with van der Waals surface area (Å²) in [5.74, 6) is 0.821. The Morgan fingerprint density at radius 3 is 2.86 bits per heavy atom. The maximum atomic E-state index is 10.6. The van der Waals surface area contributed by atoms with Crippen LogP contribution in [0.1, 0.15) is 44.6 Å². The molecule has 0 atom stereocenters. The Labute approximate surface area is 126 Å². The number of fused-ring (bicyclic) bond motifs is 1. The molecule has 1 aromatic carbocycles. The molecule has 3 heteroatoms. The van der Waals surface area contributed by atoms with Crippen molar-refractivity contribution in [2.24, 2.45) is 5.92 Å². The average Bonchev–Trinajstić information content (AvgIpc) is 2.95. The van der Waals surface area contributed by atoms with E-state index in [1.165, 1.54) is 35.7 Å². The molecule has 3 nitrogen and oxygen atoms in total. The van der Waals surface area contributed by atoms with Crippen molar-refractivity contribution >= 4 is 10.9 Å². The van der Waals surface area contributed by atoms with E-state index < -0.39 is 5.60 Å². The van der Waals surface area contributed by atoms with Gasteiger partial charge in [0.1, 0.15) is 0 Å². The molecule has 114 valence electrons. The number of aliphatic hydroxyl groups is 1. The van der Waals surface area contributed by atoms with E-state index in [1.807, 2.05) is 6.20 Å². The fraction of sp³-hybridized carbons (Fsp3) is 0.556. The summed E-state index contributed by atoms with van der Waals surface area (Å²) in [4.78, 5) is 3.21. The summed E-state index contributed by atoms with van der Waals surface area (Å²) in [5.41, 5.74) is 1.95. The topological polar surface area (TPSA) is 48.0 Å². The van der Waals surface area contributed by atoms with Gasteiger partial charge in [0, 0.05) is 24.8 Å². The van der Waals surface area contributed by atoms with Gasteiger partial charge in [0.05, 0.1) is 5.60 Å². The van der Waals surface area contributed by atoms with Gasteiger partial charge < -0.3 is 15.4 Å². The molecule has 0 amide bonds. The molecule has 1 aromatic heterocycles. The van der Waals surface area contributed by atoms with Crippen molar-refractivity contribution in [3.63, 3.8) is 0 Å². The molecule has 1 aliphatic rings. The first kappa shape index (κ1) is 14.6. The van der Waals surface area contributed by atoms with E-state index in [0.717, 1.165) is 25.3 Å². The number of aromatic amines is 1. The van der Waals surface area contributed by atoms with Crippen LogP contribution in [0.2, 0.25) is 0 Å². The molecule has 0 aliphatic heterocycles. The number of aromatic nitrogens is 1. The van der Waals surface area contributed by atoms with Gasteiger partial charge in [-0.1, -0.05) is 19.4 Å². The van der Waals surface area contributed by atoms with Crippen LogP contribution in [0.4, 0.5) is 0 Å². The minimum Gasteiger partial charge on any atom is -0.389 e. The van der Waals surface area contributed by atoms with Gasteiger partial charge in [-0.3, -0.25) is 0 Å². The zero-order chi connectivity index (χ0) is 14.7. The lowest BCUT2D eigenvalue weighted by atomic mass is 9.78. The molecule has 0 saturated heterocycles. The van der Waals surface area contributed by atoms with Gasteiger partial charge in [-0.15, -0.1) is 0 Å². The summed E-state index contributed by atoms with van der Waals surface area (Å²) in [6.45, 7) is 3.78. The summed E-state index contributed by atoms with van der Waals surface area (Å²) in [7, 11) is 0. The summed E-state index contributed by atoms with van der Waals surface area (Å²) in [6.07, 6.45) is 7.44. The lowest BCUT2D eigenvalue weighted by Crippen LogP contribution is -2.43. The highest BCUT2D eigenvalue weighted by molar-refractivity contribution is 5.79. The number of rotatable bonds is 5. The zero-order valence-corrected chi connectivity index (χ0v) is 12.9. The van der Waals surface area contributed by atoms with Crippen molar-refractivity contribution in [1.29, 1.82) is 0 Å². The molecular formula is C18H26N2O. The van der Waals surface area contributed by atoms with E-state index in [0.29, 0.717) is 6.54 Å². The van der Waals surface area contributed by atoms with Gasteiger partial charge in [0.2, 0.25) is 0 Å². The third kappa shape index (κ3) is 3.47. The normalized spacial score (nSPS) is 26.3. The van der Waals surface area contributed by atoms with Crippen LogP contribution in [0, 0.1) is 5.92 Å². The minimum atomic E-state index is -0.496. The SMILES string of the molecule is CCC1CCC(O)(CNCc2ccc3[nH]ccc3c2)CC1. The van der Waals surface area contributed by atoms with E-state index in [1.54, 1.807) is 0 Å². The first-order valence-electron chi connectivity index (χ1n) is 8.18. The van der Waals surface area contributed by atoms with E-state index in [9.17, 15) is 5.11 Å². The molecule has 1 saturated carbocycles. The lowest BCUT2D eigenvalue weighted by Gasteiger charge is -2.36. The first-order valence-corrected chi connectivity index (χ1v) is 8.18. The summed E-state index contributed by atoms with van der Waals surface area (Å²) in [6, 6.07) is 8.56. The van der Waals surface area contributed by atoms with E-state index in [-0.39, 0.29) is 0 Å². The molecule has 3 N–H and O–H groups in total. The Morgan fingerprint density at radius 2 is 2.10 bits per heavy atom. The molecule has 2 aromatic rings. The molecule has 0 bridgehead atoms. The van der Waals surface area contributed by atoms with Crippen LogP contribution in [-0.4, -0.2) is 22.2 Å². The molecule has 0 unspecified atom stereocenters. The Morgan fingerprint density at radius 1 is 1.29 bits per heavy atom. The molecule has 3 rings (SSSR count). The molecule has 21 heavy (non-hydrogen) atoms. The van der Waals surface area contributed by atoms with Gasteiger partial charge in [-0.05, 0) is 60.7 Å². The molecular weight excluding hydrogens is 260 g/mol. The van der Waals surface area contributed by atoms with Crippen LogP contribution in [0.15, 0.2) is 30.5 Å². The van der Waals surface area contributed by atoms with E-state index in [2.05, 4.69) is 41.5 Å². The largest absolute Gasteiger partial charge is 0.389 e. The summed E-state index contributed by atoms with van der Waals surface area (Å²) >= 11 is 0. The second-order valence-corrected chi connectivity index (χ2v) is 6.58. The zero-order valence-electron chi connectivity index (χ0n) is 12.9. The molecule has 1 heterocycles. The third-order valence-electron chi connectivity index (χ3n) is 5.01. The second kappa shape index (κ2) is 6.20. The van der Waals surface area contributed by atoms with Crippen molar-refractivity contribution in [3.8, 4) is 0 Å². The van der Waals surface area contributed by atoms with Crippen LogP contribution in [0.3, 0.4) is 0 Å². The Balaban J connectivity index is 1.51. The van der Waals surface area contributed by atoms with Crippen LogP contribution < -0.4 is 5.32 Å². The Bertz CT molecular complexity index is 582. The van der Waals surface area contributed by atoms with Crippen molar-refractivity contribution in [2.45, 2.75) is 51.2 Å². The predicted molar refractivity (Wildman–Crippen MR) is 87.2 cm³/mol. The number of hydrogen-bond donors (Lipinski definition) is 3. The van der Waals surface area contributed by atoms with Crippen molar-refractivity contribution in [1.82, 2.24) is 10.3 Å². The fourth-order valence-corrected chi connectivity index (χ4v) is 3.45. The molecule has 0 radical (unpaired) electrons. The van der Waals surface area contributed by atoms with Crippen LogP contribution in [-0.2, 0) is 6.54 Å². The first-order chi connectivity index (χ1) is 10.2. The molecule has 1 aliphatic carbocycles.